The summed E-state index contributed by atoms with van der Waals surface area (Å²) < 4.78 is 31.5. The lowest BCUT2D eigenvalue weighted by Crippen LogP contribution is -2.24. The highest BCUT2D eigenvalue weighted by molar-refractivity contribution is 7.89. The fourth-order valence-electron chi connectivity index (χ4n) is 2.20. The minimum Gasteiger partial charge on any atom is -0.504 e. The van der Waals surface area contributed by atoms with Gasteiger partial charge in [-0.3, -0.25) is 4.79 Å². The lowest BCUT2D eigenvalue weighted by atomic mass is 10.1. The molecule has 2 rings (SSSR count). The minimum atomic E-state index is -3.55. The van der Waals surface area contributed by atoms with Crippen molar-refractivity contribution < 1.29 is 23.1 Å². The summed E-state index contributed by atoms with van der Waals surface area (Å²) in [5.74, 6) is 0.0592. The maximum Gasteiger partial charge on any atom is 0.240 e. The molecule has 0 heterocycles. The molecule has 2 N–H and O–H groups in total. The maximum atomic E-state index is 12.2. The predicted octanol–water partition coefficient (Wildman–Crippen LogP) is 2.99. The van der Waals surface area contributed by atoms with Crippen LogP contribution in [-0.2, 0) is 10.0 Å². The van der Waals surface area contributed by atoms with Gasteiger partial charge in [0.2, 0.25) is 10.0 Å². The summed E-state index contributed by atoms with van der Waals surface area (Å²) in [4.78, 5) is 12.3. The standard InChI is InChI=1S/C19H21NO5S/c1-3-12-20-26(23,24)16-8-6-15(7-9-16)17(21)10-4-14-5-11-19(25-2)18(22)13-14/h4-11,13,20,22H,3,12H2,1-2H3/b10-4+. The number of nitrogens with one attached hydrogen (secondary N) is 1. The Hall–Kier alpha value is -2.64. The van der Waals surface area contributed by atoms with E-state index in [1.165, 1.54) is 43.5 Å². The van der Waals surface area contributed by atoms with E-state index in [-0.39, 0.29) is 16.4 Å². The van der Waals surface area contributed by atoms with Crippen LogP contribution in [0.1, 0.15) is 29.3 Å². The molecule has 0 atom stereocenters. The third-order valence-electron chi connectivity index (χ3n) is 3.62. The molecule has 2 aromatic carbocycles. The third-order valence-corrected chi connectivity index (χ3v) is 5.10. The number of methoxy groups -OCH3 is 1. The quantitative estimate of drug-likeness (QED) is 0.547. The number of hydrogen-bond donors (Lipinski definition) is 2. The first-order valence-corrected chi connectivity index (χ1v) is 9.55. The van der Waals surface area contributed by atoms with Gasteiger partial charge in [-0.1, -0.05) is 19.1 Å². The molecule has 0 bridgehead atoms. The average molecular weight is 375 g/mol. The number of phenols is 1. The number of rotatable bonds is 8. The number of carbonyl (C=O) groups excluding carboxylic acids is 1. The molecule has 0 radical (unpaired) electrons. The Labute approximate surface area is 153 Å². The van der Waals surface area contributed by atoms with Crippen LogP contribution in [0.2, 0.25) is 0 Å². The fourth-order valence-corrected chi connectivity index (χ4v) is 3.33. The zero-order chi connectivity index (χ0) is 19.2. The Morgan fingerprint density at radius 3 is 2.46 bits per heavy atom. The van der Waals surface area contributed by atoms with Gasteiger partial charge in [0.05, 0.1) is 12.0 Å². The second kappa shape index (κ2) is 8.64. The van der Waals surface area contributed by atoms with E-state index in [9.17, 15) is 18.3 Å². The van der Waals surface area contributed by atoms with Crippen molar-refractivity contribution in [2.24, 2.45) is 0 Å². The van der Waals surface area contributed by atoms with Crippen LogP contribution < -0.4 is 9.46 Å². The number of benzene rings is 2. The number of ketones is 1. The molecular weight excluding hydrogens is 354 g/mol. The Balaban J connectivity index is 2.11. The van der Waals surface area contributed by atoms with Gasteiger partial charge in [0.1, 0.15) is 0 Å². The van der Waals surface area contributed by atoms with Gasteiger partial charge in [0.25, 0.3) is 0 Å². The Kier molecular flexibility index (Phi) is 6.54. The van der Waals surface area contributed by atoms with E-state index in [2.05, 4.69) is 4.72 Å². The second-order valence-electron chi connectivity index (χ2n) is 5.55. The number of sulfonamides is 1. The number of allylic oxidation sites excluding steroid dienone is 1. The van der Waals surface area contributed by atoms with Crippen molar-refractivity contribution in [3.8, 4) is 11.5 Å². The monoisotopic (exact) mass is 375 g/mol. The highest BCUT2D eigenvalue weighted by Crippen LogP contribution is 2.26. The van der Waals surface area contributed by atoms with Gasteiger partial charge in [-0.25, -0.2) is 13.1 Å². The number of hydrogen-bond acceptors (Lipinski definition) is 5. The Morgan fingerprint density at radius 1 is 1.19 bits per heavy atom. The van der Waals surface area contributed by atoms with Crippen LogP contribution in [0.25, 0.3) is 6.08 Å². The number of aromatic hydroxyl groups is 1. The molecule has 0 aliphatic heterocycles. The fraction of sp³-hybridized carbons (Fsp3) is 0.211. The summed E-state index contributed by atoms with van der Waals surface area (Å²) >= 11 is 0. The molecule has 0 saturated carbocycles. The van der Waals surface area contributed by atoms with Crippen LogP contribution in [-0.4, -0.2) is 33.0 Å². The average Bonchev–Trinajstić information content (AvgIpc) is 2.64. The lowest BCUT2D eigenvalue weighted by Gasteiger charge is -2.06. The summed E-state index contributed by atoms with van der Waals surface area (Å²) in [7, 11) is -2.10. The zero-order valence-corrected chi connectivity index (χ0v) is 15.4. The Morgan fingerprint density at radius 2 is 1.88 bits per heavy atom. The van der Waals surface area contributed by atoms with Crippen LogP contribution in [0.3, 0.4) is 0 Å². The largest absolute Gasteiger partial charge is 0.504 e. The molecule has 0 aliphatic carbocycles. The van der Waals surface area contributed by atoms with E-state index in [0.717, 1.165) is 0 Å². The topological polar surface area (TPSA) is 92.7 Å². The predicted molar refractivity (Wildman–Crippen MR) is 99.9 cm³/mol. The molecular formula is C19H21NO5S. The second-order valence-corrected chi connectivity index (χ2v) is 7.32. The van der Waals surface area contributed by atoms with Crippen LogP contribution in [0.4, 0.5) is 0 Å². The number of carbonyl (C=O) groups is 1. The van der Waals surface area contributed by atoms with Crippen molar-refractivity contribution in [1.82, 2.24) is 4.72 Å². The van der Waals surface area contributed by atoms with Gasteiger partial charge in [-0.2, -0.15) is 0 Å². The van der Waals surface area contributed by atoms with Crippen molar-refractivity contribution >= 4 is 21.9 Å². The van der Waals surface area contributed by atoms with Crippen LogP contribution in [0.15, 0.2) is 53.4 Å². The van der Waals surface area contributed by atoms with Gasteiger partial charge in [0.15, 0.2) is 17.3 Å². The van der Waals surface area contributed by atoms with E-state index in [1.54, 1.807) is 18.2 Å². The van der Waals surface area contributed by atoms with Crippen LogP contribution >= 0.6 is 0 Å². The Bertz CT molecular complexity index is 902. The molecule has 0 spiro atoms. The summed E-state index contributed by atoms with van der Waals surface area (Å²) in [6.45, 7) is 2.24. The normalized spacial score (nSPS) is 11.6. The third kappa shape index (κ3) is 4.93. The molecule has 0 fully saturated rings. The van der Waals surface area contributed by atoms with Gasteiger partial charge in [-0.15, -0.1) is 0 Å². The van der Waals surface area contributed by atoms with Gasteiger partial charge >= 0.3 is 0 Å². The first-order chi connectivity index (χ1) is 12.4. The zero-order valence-electron chi connectivity index (χ0n) is 14.6. The summed E-state index contributed by atoms with van der Waals surface area (Å²) in [5, 5.41) is 9.74. The van der Waals surface area contributed by atoms with Crippen LogP contribution in [0, 0.1) is 0 Å². The molecule has 6 nitrogen and oxygen atoms in total. The van der Waals surface area contributed by atoms with E-state index in [4.69, 9.17) is 4.74 Å². The molecule has 0 saturated heterocycles. The number of phenolic OH excluding ortho intramolecular Hbond substituents is 1. The summed E-state index contributed by atoms with van der Waals surface area (Å²) in [6.07, 6.45) is 3.62. The number of ether oxygens (including phenoxy) is 1. The SMILES string of the molecule is CCCNS(=O)(=O)c1ccc(C(=O)/C=C/c2ccc(OC)c(O)c2)cc1. The minimum absolute atomic E-state index is 0.0174. The summed E-state index contributed by atoms with van der Waals surface area (Å²) in [5.41, 5.74) is 1.01. The van der Waals surface area contributed by atoms with Gasteiger partial charge in [0, 0.05) is 12.1 Å². The van der Waals surface area contributed by atoms with Crippen molar-refractivity contribution in [2.75, 3.05) is 13.7 Å². The summed E-state index contributed by atoms with van der Waals surface area (Å²) in [6, 6.07) is 10.5. The highest BCUT2D eigenvalue weighted by atomic mass is 32.2. The van der Waals surface area contributed by atoms with Gasteiger partial charge < -0.3 is 9.84 Å². The molecule has 138 valence electrons. The molecule has 0 unspecified atom stereocenters. The smallest absolute Gasteiger partial charge is 0.240 e. The highest BCUT2D eigenvalue weighted by Gasteiger charge is 2.13. The molecule has 7 heteroatoms. The van der Waals surface area contributed by atoms with E-state index < -0.39 is 10.0 Å². The van der Waals surface area contributed by atoms with E-state index >= 15 is 0 Å². The van der Waals surface area contributed by atoms with E-state index in [1.807, 2.05) is 6.92 Å². The van der Waals surface area contributed by atoms with Crippen LogP contribution in [0.5, 0.6) is 11.5 Å². The van der Waals surface area contributed by atoms with Gasteiger partial charge in [-0.05, 0) is 54.5 Å². The molecule has 0 amide bonds. The van der Waals surface area contributed by atoms with Crippen molar-refractivity contribution in [1.29, 1.82) is 0 Å². The maximum absolute atomic E-state index is 12.2. The molecule has 0 aromatic heterocycles. The first-order valence-electron chi connectivity index (χ1n) is 8.06. The van der Waals surface area contributed by atoms with Crippen molar-refractivity contribution in [3.05, 3.63) is 59.7 Å². The molecule has 0 aliphatic rings. The van der Waals surface area contributed by atoms with E-state index in [0.29, 0.717) is 29.8 Å². The van der Waals surface area contributed by atoms with Crippen molar-refractivity contribution in [2.45, 2.75) is 18.2 Å². The first kappa shape index (κ1) is 19.7. The lowest BCUT2D eigenvalue weighted by molar-refractivity contribution is 0.104. The molecule has 2 aromatic rings. The molecule has 26 heavy (non-hydrogen) atoms. The van der Waals surface area contributed by atoms with Crippen molar-refractivity contribution in [3.63, 3.8) is 0 Å².